The largest absolute Gasteiger partial charge is 0.466 e. The lowest BCUT2D eigenvalue weighted by Crippen LogP contribution is -2.14. The third kappa shape index (κ3) is 11.9. The van der Waals surface area contributed by atoms with E-state index in [4.69, 9.17) is 4.74 Å². The predicted octanol–water partition coefficient (Wildman–Crippen LogP) is 5.56. The van der Waals surface area contributed by atoms with E-state index in [1.54, 1.807) is 6.92 Å². The maximum Gasteiger partial charge on any atom is 0.313 e. The fourth-order valence-corrected chi connectivity index (χ4v) is 2.59. The Bertz CT molecular complexity index is 491. The Morgan fingerprint density at radius 2 is 1.71 bits per heavy atom. The molecular weight excluding hydrogens is 300 g/mol. The number of ether oxygens (including phenoxy) is 1. The monoisotopic (exact) mass is 334 g/mol. The highest BCUT2D eigenvalue weighted by Crippen LogP contribution is 2.21. The lowest BCUT2D eigenvalue weighted by atomic mass is 9.91. The summed E-state index contributed by atoms with van der Waals surface area (Å²) in [7, 11) is 0. The molecule has 0 spiro atoms. The van der Waals surface area contributed by atoms with Gasteiger partial charge in [0.2, 0.25) is 0 Å². The van der Waals surface area contributed by atoms with E-state index < -0.39 is 5.97 Å². The van der Waals surface area contributed by atoms with Gasteiger partial charge in [0.15, 0.2) is 0 Å². The van der Waals surface area contributed by atoms with Gasteiger partial charge in [0.25, 0.3) is 0 Å². The SMILES string of the molecule is CC=C(C)CCC=C(C)CC(C=C(C)C)CC(=O)CC(=O)OCC. The standard InChI is InChI=1S/C21H34O3/c1-7-17(5)10-9-11-18(6)13-19(12-16(3)4)14-20(22)15-21(23)24-8-2/h7,11-12,19H,8-10,13-15H2,1-6H3. The topological polar surface area (TPSA) is 43.4 Å². The number of rotatable bonds is 11. The van der Waals surface area contributed by atoms with E-state index in [-0.39, 0.29) is 18.1 Å². The Hall–Kier alpha value is -1.64. The highest BCUT2D eigenvalue weighted by atomic mass is 16.5. The molecule has 0 heterocycles. The first-order valence-corrected chi connectivity index (χ1v) is 8.88. The van der Waals surface area contributed by atoms with E-state index in [0.717, 1.165) is 19.3 Å². The average Bonchev–Trinajstić information content (AvgIpc) is 2.45. The van der Waals surface area contributed by atoms with Crippen LogP contribution in [0.15, 0.2) is 34.9 Å². The molecule has 0 aliphatic rings. The quantitative estimate of drug-likeness (QED) is 0.282. The first kappa shape index (κ1) is 22.4. The Labute approximate surface area is 147 Å². The molecule has 0 saturated heterocycles. The molecule has 0 rings (SSSR count). The van der Waals surface area contributed by atoms with Crippen LogP contribution < -0.4 is 0 Å². The van der Waals surface area contributed by atoms with Crippen LogP contribution in [0.1, 0.15) is 73.6 Å². The maximum atomic E-state index is 12.1. The second-order valence-corrected chi connectivity index (χ2v) is 6.66. The lowest BCUT2D eigenvalue weighted by Gasteiger charge is -2.14. The molecule has 0 bridgehead atoms. The fraction of sp³-hybridized carbons (Fsp3) is 0.619. The molecule has 0 aliphatic heterocycles. The zero-order valence-electron chi connectivity index (χ0n) is 16.3. The van der Waals surface area contributed by atoms with Gasteiger partial charge in [-0.15, -0.1) is 0 Å². The summed E-state index contributed by atoms with van der Waals surface area (Å²) in [5.74, 6) is -0.322. The van der Waals surface area contributed by atoms with Gasteiger partial charge in [0.1, 0.15) is 12.2 Å². The first-order chi connectivity index (χ1) is 11.3. The van der Waals surface area contributed by atoms with Crippen molar-refractivity contribution in [3.05, 3.63) is 34.9 Å². The third-order valence-electron chi connectivity index (χ3n) is 3.81. The van der Waals surface area contributed by atoms with Crippen molar-refractivity contribution < 1.29 is 14.3 Å². The summed E-state index contributed by atoms with van der Waals surface area (Å²) in [6, 6.07) is 0. The molecule has 0 saturated carbocycles. The molecule has 0 fully saturated rings. The molecule has 1 atom stereocenters. The van der Waals surface area contributed by atoms with Crippen LogP contribution in [0.3, 0.4) is 0 Å². The van der Waals surface area contributed by atoms with Crippen molar-refractivity contribution in [2.45, 2.75) is 73.6 Å². The molecule has 1 unspecified atom stereocenters. The summed E-state index contributed by atoms with van der Waals surface area (Å²) in [5, 5.41) is 0. The number of esters is 1. The number of Topliss-reactive ketones (excluding diaryl/α,β-unsaturated/α-hetero) is 1. The highest BCUT2D eigenvalue weighted by Gasteiger charge is 2.16. The fourth-order valence-electron chi connectivity index (χ4n) is 2.59. The number of hydrogen-bond acceptors (Lipinski definition) is 3. The molecule has 0 radical (unpaired) electrons. The molecule has 3 heteroatoms. The number of carbonyl (C=O) groups is 2. The van der Waals surface area contributed by atoms with Crippen LogP contribution in [0, 0.1) is 5.92 Å². The number of ketones is 1. The molecule has 24 heavy (non-hydrogen) atoms. The van der Waals surface area contributed by atoms with Crippen molar-refractivity contribution >= 4 is 11.8 Å². The van der Waals surface area contributed by atoms with E-state index >= 15 is 0 Å². The average molecular weight is 335 g/mol. The molecule has 0 aromatic carbocycles. The molecular formula is C21H34O3. The van der Waals surface area contributed by atoms with E-state index in [1.165, 1.54) is 16.7 Å². The first-order valence-electron chi connectivity index (χ1n) is 8.88. The second-order valence-electron chi connectivity index (χ2n) is 6.66. The van der Waals surface area contributed by atoms with E-state index in [9.17, 15) is 9.59 Å². The number of allylic oxidation sites excluding steroid dienone is 6. The minimum atomic E-state index is -0.424. The van der Waals surface area contributed by atoms with Gasteiger partial charge in [-0.1, -0.05) is 34.9 Å². The summed E-state index contributed by atoms with van der Waals surface area (Å²) in [6.07, 6.45) is 9.76. The Morgan fingerprint density at radius 3 is 2.25 bits per heavy atom. The zero-order chi connectivity index (χ0) is 18.5. The second kappa shape index (κ2) is 12.7. The van der Waals surface area contributed by atoms with Gasteiger partial charge in [0, 0.05) is 6.42 Å². The molecule has 0 aromatic rings. The summed E-state index contributed by atoms with van der Waals surface area (Å²) in [6.45, 7) is 12.5. The van der Waals surface area contributed by atoms with Gasteiger partial charge in [-0.2, -0.15) is 0 Å². The van der Waals surface area contributed by atoms with Crippen molar-refractivity contribution in [2.24, 2.45) is 5.92 Å². The van der Waals surface area contributed by atoms with E-state index in [0.29, 0.717) is 13.0 Å². The zero-order valence-corrected chi connectivity index (χ0v) is 16.3. The van der Waals surface area contributed by atoms with Crippen LogP contribution in [0.5, 0.6) is 0 Å². The molecule has 136 valence electrons. The smallest absolute Gasteiger partial charge is 0.313 e. The summed E-state index contributed by atoms with van der Waals surface area (Å²) < 4.78 is 4.85. The van der Waals surface area contributed by atoms with Gasteiger partial charge >= 0.3 is 5.97 Å². The predicted molar refractivity (Wildman–Crippen MR) is 101 cm³/mol. The maximum absolute atomic E-state index is 12.1. The molecule has 3 nitrogen and oxygen atoms in total. The van der Waals surface area contributed by atoms with Gasteiger partial charge in [-0.25, -0.2) is 0 Å². The van der Waals surface area contributed by atoms with E-state index in [1.807, 2.05) is 13.8 Å². The molecule has 0 aromatic heterocycles. The van der Waals surface area contributed by atoms with Gasteiger partial charge in [-0.05, 0) is 66.7 Å². The Morgan fingerprint density at radius 1 is 1.04 bits per heavy atom. The van der Waals surface area contributed by atoms with Crippen molar-refractivity contribution in [1.82, 2.24) is 0 Å². The van der Waals surface area contributed by atoms with Crippen LogP contribution in [0.2, 0.25) is 0 Å². The normalized spacial score (nSPS) is 13.4. The molecule has 0 N–H and O–H groups in total. The van der Waals surface area contributed by atoms with Crippen LogP contribution in [0.4, 0.5) is 0 Å². The summed E-state index contributed by atoms with van der Waals surface area (Å²) >= 11 is 0. The molecule has 0 amide bonds. The van der Waals surface area contributed by atoms with Crippen molar-refractivity contribution in [2.75, 3.05) is 6.61 Å². The van der Waals surface area contributed by atoms with Crippen molar-refractivity contribution in [3.63, 3.8) is 0 Å². The third-order valence-corrected chi connectivity index (χ3v) is 3.81. The van der Waals surface area contributed by atoms with Crippen molar-refractivity contribution in [3.8, 4) is 0 Å². The summed E-state index contributed by atoms with van der Waals surface area (Å²) in [4.78, 5) is 23.5. The minimum Gasteiger partial charge on any atom is -0.466 e. The van der Waals surface area contributed by atoms with E-state index in [2.05, 4.69) is 39.0 Å². The van der Waals surface area contributed by atoms with Gasteiger partial charge < -0.3 is 4.74 Å². The van der Waals surface area contributed by atoms with Gasteiger partial charge in [-0.3, -0.25) is 9.59 Å². The van der Waals surface area contributed by atoms with Crippen molar-refractivity contribution in [1.29, 1.82) is 0 Å². The Kier molecular flexibility index (Phi) is 11.9. The van der Waals surface area contributed by atoms with Crippen LogP contribution in [-0.2, 0) is 14.3 Å². The minimum absolute atomic E-state index is 0.0477. The molecule has 0 aliphatic carbocycles. The van der Waals surface area contributed by atoms with Crippen LogP contribution in [0.25, 0.3) is 0 Å². The lowest BCUT2D eigenvalue weighted by molar-refractivity contribution is -0.145. The van der Waals surface area contributed by atoms with Crippen LogP contribution in [-0.4, -0.2) is 18.4 Å². The Balaban J connectivity index is 4.66. The van der Waals surface area contributed by atoms with Crippen LogP contribution >= 0.6 is 0 Å². The highest BCUT2D eigenvalue weighted by molar-refractivity contribution is 5.95. The summed E-state index contributed by atoms with van der Waals surface area (Å²) in [5.41, 5.74) is 3.89. The number of hydrogen-bond donors (Lipinski definition) is 0. The number of carbonyl (C=O) groups excluding carboxylic acids is 2. The van der Waals surface area contributed by atoms with Gasteiger partial charge in [0.05, 0.1) is 6.61 Å².